The van der Waals surface area contributed by atoms with Gasteiger partial charge in [-0.2, -0.15) is 0 Å². The molecule has 0 bridgehead atoms. The Morgan fingerprint density at radius 2 is 1.95 bits per heavy atom. The van der Waals surface area contributed by atoms with Crippen LogP contribution in [0.2, 0.25) is 0 Å². The number of likely N-dealkylation sites (tertiary alicyclic amines) is 1. The molecule has 0 spiro atoms. The molecule has 9 heteroatoms. The second-order valence-corrected chi connectivity index (χ2v) is 9.07. The van der Waals surface area contributed by atoms with Gasteiger partial charge in [0, 0.05) is 66.5 Å². The largest absolute Gasteiger partial charge is 0.494 e. The molecule has 4 N–H and O–H groups in total. The van der Waals surface area contributed by atoms with E-state index >= 15 is 0 Å². The first-order valence-electron chi connectivity index (χ1n) is 12.4. The number of benzene rings is 3. The van der Waals surface area contributed by atoms with E-state index in [4.69, 9.17) is 9.47 Å². The first-order chi connectivity index (χ1) is 18.5. The number of hydrogen-bond donors (Lipinski definition) is 4. The van der Waals surface area contributed by atoms with E-state index in [1.165, 1.54) is 6.08 Å². The molecule has 1 amide bonds. The van der Waals surface area contributed by atoms with Crippen LogP contribution in [-0.2, 0) is 4.79 Å². The van der Waals surface area contributed by atoms with Crippen LogP contribution in [0, 0.1) is 0 Å². The molecule has 1 aliphatic rings. The molecule has 38 heavy (non-hydrogen) atoms. The van der Waals surface area contributed by atoms with Gasteiger partial charge in [0.2, 0.25) is 5.91 Å². The number of anilines is 4. The number of halogens is 1. The molecule has 1 saturated heterocycles. The molecule has 0 atom stereocenters. The van der Waals surface area contributed by atoms with E-state index in [9.17, 15) is 9.18 Å². The molecule has 0 radical (unpaired) electrons. The summed E-state index contributed by atoms with van der Waals surface area (Å²) in [5.74, 6) is 1.64. The maximum absolute atomic E-state index is 12.5. The summed E-state index contributed by atoms with van der Waals surface area (Å²) in [6.07, 6.45) is 3.08. The highest BCUT2D eigenvalue weighted by atomic mass is 19.1. The average Bonchev–Trinajstić information content (AvgIpc) is 3.37. The molecule has 0 unspecified atom stereocenters. The second kappa shape index (κ2) is 11.3. The lowest BCUT2D eigenvalue weighted by atomic mass is 10.1. The van der Waals surface area contributed by atoms with Gasteiger partial charge in [0.25, 0.3) is 0 Å². The van der Waals surface area contributed by atoms with E-state index < -0.39 is 0 Å². The third kappa shape index (κ3) is 5.73. The van der Waals surface area contributed by atoms with Crippen LogP contribution in [0.5, 0.6) is 17.2 Å². The lowest BCUT2D eigenvalue weighted by Gasteiger charge is -2.39. The topological polar surface area (TPSA) is 90.7 Å². The summed E-state index contributed by atoms with van der Waals surface area (Å²) < 4.78 is 24.4. The fourth-order valence-corrected chi connectivity index (χ4v) is 4.49. The Morgan fingerprint density at radius 3 is 2.74 bits per heavy atom. The highest BCUT2D eigenvalue weighted by molar-refractivity contribution is 5.99. The van der Waals surface area contributed by atoms with Gasteiger partial charge in [0.15, 0.2) is 0 Å². The van der Waals surface area contributed by atoms with Crippen molar-refractivity contribution in [3.05, 3.63) is 79.5 Å². The fraction of sp³-hybridized carbons (Fsp3) is 0.207. The van der Waals surface area contributed by atoms with Crippen LogP contribution >= 0.6 is 0 Å². The number of H-pyrrole nitrogens is 1. The smallest absolute Gasteiger partial charge is 0.247 e. The lowest BCUT2D eigenvalue weighted by Crippen LogP contribution is -2.55. The molecule has 2 heterocycles. The number of methoxy groups -OCH3 is 1. The van der Waals surface area contributed by atoms with Crippen molar-refractivity contribution in [1.29, 1.82) is 0 Å². The highest BCUT2D eigenvalue weighted by Crippen LogP contribution is 2.37. The van der Waals surface area contributed by atoms with Gasteiger partial charge in [-0.25, -0.2) is 4.39 Å². The number of ether oxygens (including phenoxy) is 2. The molecule has 1 fully saturated rings. The van der Waals surface area contributed by atoms with Crippen LogP contribution in [0.4, 0.5) is 27.1 Å². The van der Waals surface area contributed by atoms with Crippen molar-refractivity contribution in [3.8, 4) is 17.2 Å². The van der Waals surface area contributed by atoms with E-state index in [2.05, 4.69) is 32.4 Å². The number of aromatic amines is 1. The number of rotatable bonds is 11. The molecule has 0 saturated carbocycles. The van der Waals surface area contributed by atoms with Crippen LogP contribution in [-0.4, -0.2) is 55.3 Å². The number of fused-ring (bicyclic) bond motifs is 1. The van der Waals surface area contributed by atoms with E-state index in [1.807, 2.05) is 54.7 Å². The van der Waals surface area contributed by atoms with Crippen LogP contribution in [0.1, 0.15) is 0 Å². The number of nitrogens with one attached hydrogen (secondary N) is 4. The monoisotopic (exact) mass is 515 g/mol. The summed E-state index contributed by atoms with van der Waals surface area (Å²) in [6.45, 7) is 5.31. The molecule has 8 nitrogen and oxygen atoms in total. The normalized spacial score (nSPS) is 13.5. The number of aromatic nitrogens is 1. The predicted octanol–water partition coefficient (Wildman–Crippen LogP) is 5.90. The number of carbonyl (C=O) groups is 1. The first kappa shape index (κ1) is 25.2. The molecule has 0 aliphatic carbocycles. The van der Waals surface area contributed by atoms with Crippen molar-refractivity contribution in [2.24, 2.45) is 0 Å². The Hall–Kier alpha value is -4.50. The predicted molar refractivity (Wildman–Crippen MR) is 150 cm³/mol. The molecule has 4 aromatic rings. The number of amides is 1. The van der Waals surface area contributed by atoms with E-state index in [-0.39, 0.29) is 12.6 Å². The van der Waals surface area contributed by atoms with E-state index in [0.29, 0.717) is 35.5 Å². The number of hydrogen-bond acceptors (Lipinski definition) is 6. The Labute approximate surface area is 220 Å². The minimum absolute atomic E-state index is 0.289. The minimum Gasteiger partial charge on any atom is -0.494 e. The van der Waals surface area contributed by atoms with Crippen molar-refractivity contribution in [2.45, 2.75) is 6.04 Å². The zero-order chi connectivity index (χ0) is 26.5. The van der Waals surface area contributed by atoms with Gasteiger partial charge in [0.05, 0.1) is 24.4 Å². The van der Waals surface area contributed by atoms with Crippen LogP contribution in [0.25, 0.3) is 10.9 Å². The third-order valence-electron chi connectivity index (χ3n) is 6.35. The summed E-state index contributed by atoms with van der Waals surface area (Å²) in [5, 5.41) is 10.6. The standard InChI is InChI=1S/C29H30FN5O3/c1-3-29(36)34-19-5-4-6-23(13-19)38-27-16-21(14-26-24(27)9-11-31-26)33-25-8-7-20(15-28(25)37-2)32-22-17-35(18-22)12-10-30/h3-9,11,13-16,22,31-33H,1,10,12,17-18H2,2H3,(H,34,36). The van der Waals surface area contributed by atoms with Gasteiger partial charge < -0.3 is 30.4 Å². The number of nitrogens with zero attached hydrogens (tertiary/aromatic N) is 1. The van der Waals surface area contributed by atoms with E-state index in [1.54, 1.807) is 19.2 Å². The van der Waals surface area contributed by atoms with Gasteiger partial charge in [-0.3, -0.25) is 9.69 Å². The van der Waals surface area contributed by atoms with Gasteiger partial charge >= 0.3 is 0 Å². The molecule has 1 aromatic heterocycles. The van der Waals surface area contributed by atoms with Crippen LogP contribution in [0.3, 0.4) is 0 Å². The number of alkyl halides is 1. The van der Waals surface area contributed by atoms with Crippen molar-refractivity contribution in [2.75, 3.05) is 49.4 Å². The maximum Gasteiger partial charge on any atom is 0.247 e. The van der Waals surface area contributed by atoms with Crippen LogP contribution < -0.4 is 25.4 Å². The van der Waals surface area contributed by atoms with Crippen molar-refractivity contribution in [3.63, 3.8) is 0 Å². The SMILES string of the molecule is C=CC(=O)Nc1cccc(Oc2cc(Nc3ccc(NC4CN(CCF)C4)cc3OC)cc3[nH]ccc23)c1. The fourth-order valence-electron chi connectivity index (χ4n) is 4.49. The number of carbonyl (C=O) groups excluding carboxylic acids is 1. The molecular formula is C29H30FN5O3. The molecule has 5 rings (SSSR count). The van der Waals surface area contributed by atoms with Gasteiger partial charge in [-0.1, -0.05) is 12.6 Å². The van der Waals surface area contributed by atoms with Crippen molar-refractivity contribution in [1.82, 2.24) is 9.88 Å². The summed E-state index contributed by atoms with van der Waals surface area (Å²) in [7, 11) is 1.64. The van der Waals surface area contributed by atoms with Gasteiger partial charge in [-0.15, -0.1) is 0 Å². The summed E-state index contributed by atoms with van der Waals surface area (Å²) in [6, 6.07) is 19.3. The van der Waals surface area contributed by atoms with E-state index in [0.717, 1.165) is 41.1 Å². The summed E-state index contributed by atoms with van der Waals surface area (Å²) >= 11 is 0. The summed E-state index contributed by atoms with van der Waals surface area (Å²) in [5.41, 5.74) is 4.08. The first-order valence-corrected chi connectivity index (χ1v) is 12.4. The van der Waals surface area contributed by atoms with Gasteiger partial charge in [0.1, 0.15) is 23.9 Å². The minimum atomic E-state index is -0.317. The van der Waals surface area contributed by atoms with Crippen molar-refractivity contribution < 1.29 is 18.7 Å². The Balaban J connectivity index is 1.34. The lowest BCUT2D eigenvalue weighted by molar-refractivity contribution is -0.111. The Bertz CT molecular complexity index is 1450. The van der Waals surface area contributed by atoms with Gasteiger partial charge in [-0.05, 0) is 42.5 Å². The summed E-state index contributed by atoms with van der Waals surface area (Å²) in [4.78, 5) is 17.0. The highest BCUT2D eigenvalue weighted by Gasteiger charge is 2.26. The maximum atomic E-state index is 12.5. The molecular weight excluding hydrogens is 485 g/mol. The van der Waals surface area contributed by atoms with Crippen LogP contribution in [0.15, 0.2) is 79.5 Å². The van der Waals surface area contributed by atoms with Crippen molar-refractivity contribution >= 4 is 39.6 Å². The average molecular weight is 516 g/mol. The molecule has 1 aliphatic heterocycles. The quantitative estimate of drug-likeness (QED) is 0.186. The zero-order valence-electron chi connectivity index (χ0n) is 21.1. The second-order valence-electron chi connectivity index (χ2n) is 9.07. The Morgan fingerprint density at radius 1 is 1.11 bits per heavy atom. The third-order valence-corrected chi connectivity index (χ3v) is 6.35. The molecule has 196 valence electrons. The Kier molecular flexibility index (Phi) is 7.46. The zero-order valence-corrected chi connectivity index (χ0v) is 21.1. The molecule has 3 aromatic carbocycles.